The molecule has 3 fully saturated rings. The molecule has 4 aliphatic rings. The quantitative estimate of drug-likeness (QED) is 0.339. The summed E-state index contributed by atoms with van der Waals surface area (Å²) in [6.45, 7) is 0.640. The van der Waals surface area contributed by atoms with Crippen molar-refractivity contribution >= 4 is 64.7 Å². The molecule has 1 spiro atoms. The van der Waals surface area contributed by atoms with Gasteiger partial charge in [-0.1, -0.05) is 17.7 Å². The average Bonchev–Trinajstić information content (AvgIpc) is 3.44. The van der Waals surface area contributed by atoms with Crippen molar-refractivity contribution in [2.24, 2.45) is 5.41 Å². The van der Waals surface area contributed by atoms with Gasteiger partial charge in [0.15, 0.2) is 5.41 Å². The van der Waals surface area contributed by atoms with Crippen molar-refractivity contribution in [3.8, 4) is 0 Å². The fraction of sp³-hybridized carbons (Fsp3) is 0.286. The standard InChI is InChI=1S/C28H24ClN5O6/c1-31-24(37)28(25(38)32(2)27(31)40)14-16-12-15(5-10-20(16)33-11-3-4-21(28)33)13-19-22(35)30-26(39)34(23(19)36)18-8-6-17(29)7-9-18/h5-10,12-13,21H,3-4,11,14H2,1-2H3,(H,30,35,39)/b19-13+/t21-/m0/s1. The van der Waals surface area contributed by atoms with Crippen LogP contribution in [0.3, 0.4) is 0 Å². The molecule has 4 aliphatic heterocycles. The van der Waals surface area contributed by atoms with Crippen molar-refractivity contribution in [1.29, 1.82) is 0 Å². The molecular formula is C28H24ClN5O6. The van der Waals surface area contributed by atoms with Crippen LogP contribution in [0.5, 0.6) is 0 Å². The number of rotatable bonds is 2. The van der Waals surface area contributed by atoms with E-state index in [1.54, 1.807) is 12.1 Å². The van der Waals surface area contributed by atoms with Crippen LogP contribution < -0.4 is 15.1 Å². The van der Waals surface area contributed by atoms with E-state index in [0.717, 1.165) is 26.8 Å². The summed E-state index contributed by atoms with van der Waals surface area (Å²) < 4.78 is 0. The van der Waals surface area contributed by atoms with Gasteiger partial charge in [0.05, 0.1) is 11.7 Å². The van der Waals surface area contributed by atoms with Crippen molar-refractivity contribution in [2.45, 2.75) is 25.3 Å². The fourth-order valence-corrected chi connectivity index (χ4v) is 6.40. The summed E-state index contributed by atoms with van der Waals surface area (Å²) in [6, 6.07) is 9.42. The predicted molar refractivity (Wildman–Crippen MR) is 144 cm³/mol. The molecule has 40 heavy (non-hydrogen) atoms. The van der Waals surface area contributed by atoms with Crippen LogP contribution >= 0.6 is 11.6 Å². The second-order valence-electron chi connectivity index (χ2n) is 10.3. The van der Waals surface area contributed by atoms with Crippen LogP contribution in [0.1, 0.15) is 24.0 Å². The number of nitrogens with one attached hydrogen (secondary N) is 1. The first kappa shape index (κ1) is 25.8. The third-order valence-electron chi connectivity index (χ3n) is 8.15. The van der Waals surface area contributed by atoms with Gasteiger partial charge in [0.1, 0.15) is 5.57 Å². The molecule has 204 valence electrons. The van der Waals surface area contributed by atoms with Gasteiger partial charge in [0, 0.05) is 31.4 Å². The average molecular weight is 562 g/mol. The normalized spacial score (nSPS) is 23.3. The van der Waals surface area contributed by atoms with E-state index < -0.39 is 47.1 Å². The Morgan fingerprint density at radius 3 is 2.30 bits per heavy atom. The number of halogens is 1. The van der Waals surface area contributed by atoms with Crippen molar-refractivity contribution in [3.05, 3.63) is 64.2 Å². The lowest BCUT2D eigenvalue weighted by molar-refractivity contribution is -0.159. The monoisotopic (exact) mass is 561 g/mol. The summed E-state index contributed by atoms with van der Waals surface area (Å²) >= 11 is 5.93. The van der Waals surface area contributed by atoms with E-state index in [1.165, 1.54) is 44.4 Å². The number of urea groups is 2. The maximum Gasteiger partial charge on any atom is 0.335 e. The second kappa shape index (κ2) is 9.02. The zero-order chi connectivity index (χ0) is 28.5. The van der Waals surface area contributed by atoms with Crippen LogP contribution in [0.2, 0.25) is 5.02 Å². The number of carbonyl (C=O) groups is 6. The Kier molecular flexibility index (Phi) is 5.81. The van der Waals surface area contributed by atoms with Gasteiger partial charge in [-0.15, -0.1) is 0 Å². The van der Waals surface area contributed by atoms with Gasteiger partial charge in [-0.25, -0.2) is 14.5 Å². The third kappa shape index (κ3) is 3.57. The zero-order valence-corrected chi connectivity index (χ0v) is 22.4. The van der Waals surface area contributed by atoms with Gasteiger partial charge in [-0.05, 0) is 72.9 Å². The number of nitrogens with zero attached hydrogens (tertiary/aromatic N) is 4. The van der Waals surface area contributed by atoms with Crippen molar-refractivity contribution in [2.75, 3.05) is 30.4 Å². The molecule has 0 aromatic heterocycles. The summed E-state index contributed by atoms with van der Waals surface area (Å²) in [6.07, 6.45) is 2.85. The summed E-state index contributed by atoms with van der Waals surface area (Å²) in [7, 11) is 2.76. The van der Waals surface area contributed by atoms with E-state index >= 15 is 0 Å². The molecule has 1 N–H and O–H groups in total. The van der Waals surface area contributed by atoms with Crippen LogP contribution in [-0.2, 0) is 25.6 Å². The number of imide groups is 4. The number of amides is 8. The number of fused-ring (bicyclic) bond motifs is 4. The van der Waals surface area contributed by atoms with Gasteiger partial charge in [0.25, 0.3) is 11.8 Å². The maximum absolute atomic E-state index is 13.6. The highest BCUT2D eigenvalue weighted by atomic mass is 35.5. The first-order chi connectivity index (χ1) is 19.0. The Hall–Kier alpha value is -4.51. The van der Waals surface area contributed by atoms with Gasteiger partial charge >= 0.3 is 12.1 Å². The lowest BCUT2D eigenvalue weighted by atomic mass is 9.68. The van der Waals surface area contributed by atoms with Crippen molar-refractivity contribution in [1.82, 2.24) is 15.1 Å². The van der Waals surface area contributed by atoms with E-state index in [2.05, 4.69) is 5.32 Å². The van der Waals surface area contributed by atoms with Crippen LogP contribution in [-0.4, -0.2) is 72.2 Å². The molecule has 4 heterocycles. The smallest absolute Gasteiger partial charge is 0.335 e. The summed E-state index contributed by atoms with van der Waals surface area (Å²) in [5.74, 6) is -2.71. The third-order valence-corrected chi connectivity index (χ3v) is 8.40. The predicted octanol–water partition coefficient (Wildman–Crippen LogP) is 2.57. The maximum atomic E-state index is 13.6. The molecule has 8 amide bonds. The first-order valence-electron chi connectivity index (χ1n) is 12.7. The van der Waals surface area contributed by atoms with Gasteiger partial charge in [0.2, 0.25) is 11.8 Å². The van der Waals surface area contributed by atoms with Crippen molar-refractivity contribution in [3.63, 3.8) is 0 Å². The molecule has 0 saturated carbocycles. The number of hydrogen-bond donors (Lipinski definition) is 1. The Morgan fingerprint density at radius 2 is 1.62 bits per heavy atom. The summed E-state index contributed by atoms with van der Waals surface area (Å²) in [5, 5.41) is 2.61. The van der Waals surface area contributed by atoms with E-state index in [9.17, 15) is 28.8 Å². The Balaban J connectivity index is 1.40. The van der Waals surface area contributed by atoms with Gasteiger partial charge < -0.3 is 4.90 Å². The molecule has 12 heteroatoms. The zero-order valence-electron chi connectivity index (χ0n) is 21.6. The van der Waals surface area contributed by atoms with Gasteiger partial charge in [-0.2, -0.15) is 0 Å². The minimum absolute atomic E-state index is 0.0651. The number of anilines is 2. The molecule has 0 aliphatic carbocycles. The molecule has 2 aromatic carbocycles. The largest absolute Gasteiger partial charge is 0.367 e. The lowest BCUT2D eigenvalue weighted by Crippen LogP contribution is -2.70. The number of hydrogen-bond acceptors (Lipinski definition) is 7. The molecular weight excluding hydrogens is 538 g/mol. The minimum Gasteiger partial charge on any atom is -0.367 e. The number of carbonyl (C=O) groups excluding carboxylic acids is 6. The van der Waals surface area contributed by atoms with Crippen LogP contribution in [0, 0.1) is 5.41 Å². The molecule has 1 atom stereocenters. The molecule has 0 bridgehead atoms. The minimum atomic E-state index is -1.47. The fourth-order valence-electron chi connectivity index (χ4n) is 6.28. The number of barbiturate groups is 2. The Labute approximate surface area is 233 Å². The highest BCUT2D eigenvalue weighted by Crippen LogP contribution is 2.49. The summed E-state index contributed by atoms with van der Waals surface area (Å²) in [4.78, 5) is 83.2. The topological polar surface area (TPSA) is 127 Å². The lowest BCUT2D eigenvalue weighted by Gasteiger charge is -2.50. The van der Waals surface area contributed by atoms with Crippen LogP contribution in [0.4, 0.5) is 21.0 Å². The van der Waals surface area contributed by atoms with Crippen LogP contribution in [0.15, 0.2) is 48.0 Å². The highest BCUT2D eigenvalue weighted by molar-refractivity contribution is 6.39. The second-order valence-corrected chi connectivity index (χ2v) is 10.8. The molecule has 0 unspecified atom stereocenters. The van der Waals surface area contributed by atoms with E-state index in [4.69, 9.17) is 11.6 Å². The SMILES string of the molecule is CN1C(=O)N(C)C(=O)C2(Cc3cc(/C=C4\C(=O)NC(=O)N(c5ccc(Cl)cc5)C4=O)ccc3N3CCC[C@H]32)C1=O. The van der Waals surface area contributed by atoms with E-state index in [-0.39, 0.29) is 17.7 Å². The molecule has 2 aromatic rings. The molecule has 6 rings (SSSR count). The Morgan fingerprint density at radius 1 is 0.950 bits per heavy atom. The van der Waals surface area contributed by atoms with Crippen molar-refractivity contribution < 1.29 is 28.8 Å². The first-order valence-corrected chi connectivity index (χ1v) is 13.1. The molecule has 11 nitrogen and oxygen atoms in total. The van der Waals surface area contributed by atoms with E-state index in [1.807, 2.05) is 11.0 Å². The van der Waals surface area contributed by atoms with E-state index in [0.29, 0.717) is 29.1 Å². The summed E-state index contributed by atoms with van der Waals surface area (Å²) in [5.41, 5.74) is 0.533. The van der Waals surface area contributed by atoms with Crippen LogP contribution in [0.25, 0.3) is 6.08 Å². The Bertz CT molecular complexity index is 1540. The number of benzene rings is 2. The van der Waals surface area contributed by atoms with Gasteiger partial charge in [-0.3, -0.25) is 34.3 Å². The highest BCUT2D eigenvalue weighted by Gasteiger charge is 2.63. The molecule has 0 radical (unpaired) electrons. The molecule has 3 saturated heterocycles.